The van der Waals surface area contributed by atoms with E-state index in [0.717, 1.165) is 38.4 Å². The number of pyridine rings is 1. The van der Waals surface area contributed by atoms with Gasteiger partial charge in [0.25, 0.3) is 0 Å². The third kappa shape index (κ3) is 4.24. The first-order valence-electron chi connectivity index (χ1n) is 10.1. The van der Waals surface area contributed by atoms with Crippen LogP contribution in [0.5, 0.6) is 0 Å². The summed E-state index contributed by atoms with van der Waals surface area (Å²) in [6.45, 7) is 8.78. The Labute approximate surface area is 161 Å². The molecular formula is C22H29FN4. The summed E-state index contributed by atoms with van der Waals surface area (Å²) in [5.74, 6) is -0.160. The Hall–Kier alpha value is -2.14. The zero-order valence-electron chi connectivity index (χ0n) is 16.1. The fourth-order valence-corrected chi connectivity index (χ4v) is 4.51. The molecule has 0 bridgehead atoms. The molecule has 2 aliphatic rings. The molecule has 27 heavy (non-hydrogen) atoms. The lowest BCUT2D eigenvalue weighted by atomic mass is 10.0. The molecule has 0 N–H and O–H groups in total. The molecule has 5 heteroatoms. The zero-order chi connectivity index (χ0) is 18.6. The van der Waals surface area contributed by atoms with E-state index in [9.17, 15) is 4.39 Å². The van der Waals surface area contributed by atoms with Gasteiger partial charge in [-0.05, 0) is 62.1 Å². The summed E-state index contributed by atoms with van der Waals surface area (Å²) >= 11 is 0. The van der Waals surface area contributed by atoms with Gasteiger partial charge in [-0.25, -0.2) is 4.39 Å². The summed E-state index contributed by atoms with van der Waals surface area (Å²) < 4.78 is 13.1. The summed E-state index contributed by atoms with van der Waals surface area (Å²) in [6, 6.07) is 9.73. The van der Waals surface area contributed by atoms with Crippen LogP contribution in [0, 0.1) is 12.7 Å². The van der Waals surface area contributed by atoms with Gasteiger partial charge in [-0.2, -0.15) is 0 Å². The molecule has 0 spiro atoms. The van der Waals surface area contributed by atoms with Crippen LogP contribution in [0.1, 0.15) is 24.8 Å². The molecule has 1 aromatic heterocycles. The molecule has 1 aromatic carbocycles. The van der Waals surface area contributed by atoms with E-state index in [4.69, 9.17) is 0 Å². The number of hydrogen-bond donors (Lipinski definition) is 0. The SMILES string of the molecule is Cc1cnccc1N1CCCN(C2CCN(c3ccc(F)cc3)CC2)CC1. The highest BCUT2D eigenvalue weighted by Crippen LogP contribution is 2.25. The van der Waals surface area contributed by atoms with Crippen LogP contribution < -0.4 is 9.80 Å². The molecular weight excluding hydrogens is 339 g/mol. The molecule has 4 rings (SSSR count). The molecule has 2 aromatic rings. The van der Waals surface area contributed by atoms with Gasteiger partial charge in [-0.15, -0.1) is 0 Å². The van der Waals surface area contributed by atoms with Crippen molar-refractivity contribution >= 4 is 11.4 Å². The van der Waals surface area contributed by atoms with E-state index in [1.807, 2.05) is 24.5 Å². The summed E-state index contributed by atoms with van der Waals surface area (Å²) in [5, 5.41) is 0. The Morgan fingerprint density at radius 3 is 2.41 bits per heavy atom. The van der Waals surface area contributed by atoms with Gasteiger partial charge in [-0.1, -0.05) is 0 Å². The van der Waals surface area contributed by atoms with Crippen molar-refractivity contribution in [2.75, 3.05) is 49.1 Å². The van der Waals surface area contributed by atoms with Crippen LogP contribution in [-0.2, 0) is 0 Å². The lowest BCUT2D eigenvalue weighted by Crippen LogP contribution is -2.46. The maximum atomic E-state index is 13.1. The smallest absolute Gasteiger partial charge is 0.123 e. The standard InChI is InChI=1S/C22H29FN4/c1-18-17-24-10-7-22(18)27-12-2-11-25(15-16-27)21-8-13-26(14-9-21)20-5-3-19(23)4-6-20/h3-7,10,17,21H,2,8-9,11-16H2,1H3. The van der Waals surface area contributed by atoms with Crippen molar-refractivity contribution in [3.05, 3.63) is 54.1 Å². The highest BCUT2D eigenvalue weighted by Gasteiger charge is 2.26. The first-order chi connectivity index (χ1) is 13.2. The third-order valence-electron chi connectivity index (χ3n) is 6.03. The van der Waals surface area contributed by atoms with Crippen LogP contribution in [0.2, 0.25) is 0 Å². The molecule has 144 valence electrons. The first kappa shape index (κ1) is 18.2. The van der Waals surface area contributed by atoms with Gasteiger partial charge >= 0.3 is 0 Å². The average molecular weight is 369 g/mol. The predicted molar refractivity (Wildman–Crippen MR) is 109 cm³/mol. The van der Waals surface area contributed by atoms with Gasteiger partial charge in [-0.3, -0.25) is 9.88 Å². The summed E-state index contributed by atoms with van der Waals surface area (Å²) in [4.78, 5) is 11.8. The molecule has 0 radical (unpaired) electrons. The molecule has 0 aliphatic carbocycles. The van der Waals surface area contributed by atoms with E-state index < -0.39 is 0 Å². The van der Waals surface area contributed by atoms with E-state index in [0.29, 0.717) is 6.04 Å². The molecule has 0 atom stereocenters. The van der Waals surface area contributed by atoms with Gasteiger partial charge in [0.1, 0.15) is 5.82 Å². The Bertz CT molecular complexity index is 740. The highest BCUT2D eigenvalue weighted by atomic mass is 19.1. The first-order valence-corrected chi connectivity index (χ1v) is 10.1. The predicted octanol–water partition coefficient (Wildman–Crippen LogP) is 3.71. The number of aromatic nitrogens is 1. The fraction of sp³-hybridized carbons (Fsp3) is 0.500. The number of aryl methyl sites for hydroxylation is 1. The summed E-state index contributed by atoms with van der Waals surface area (Å²) in [7, 11) is 0. The normalized spacial score (nSPS) is 19.9. The van der Waals surface area contributed by atoms with Gasteiger partial charge < -0.3 is 9.80 Å². The minimum atomic E-state index is -0.160. The minimum Gasteiger partial charge on any atom is -0.371 e. The van der Waals surface area contributed by atoms with Gasteiger partial charge in [0, 0.05) is 69.1 Å². The molecule has 3 heterocycles. The Kier molecular flexibility index (Phi) is 5.58. The second-order valence-electron chi connectivity index (χ2n) is 7.73. The lowest BCUT2D eigenvalue weighted by Gasteiger charge is -2.39. The van der Waals surface area contributed by atoms with Crippen molar-refractivity contribution in [3.63, 3.8) is 0 Å². The van der Waals surface area contributed by atoms with E-state index in [1.165, 1.54) is 37.1 Å². The average Bonchev–Trinajstić information content (AvgIpc) is 2.95. The van der Waals surface area contributed by atoms with Crippen LogP contribution in [0.3, 0.4) is 0 Å². The van der Waals surface area contributed by atoms with Crippen LogP contribution in [0.25, 0.3) is 0 Å². The fourth-order valence-electron chi connectivity index (χ4n) is 4.51. The molecule has 4 nitrogen and oxygen atoms in total. The number of rotatable bonds is 3. The molecule has 0 saturated carbocycles. The zero-order valence-corrected chi connectivity index (χ0v) is 16.1. The molecule has 0 unspecified atom stereocenters. The Balaban J connectivity index is 1.33. The summed E-state index contributed by atoms with van der Waals surface area (Å²) in [5.41, 5.74) is 3.74. The van der Waals surface area contributed by atoms with Crippen molar-refractivity contribution in [1.29, 1.82) is 0 Å². The summed E-state index contributed by atoms with van der Waals surface area (Å²) in [6.07, 6.45) is 7.44. The van der Waals surface area contributed by atoms with Crippen LogP contribution in [-0.4, -0.2) is 55.2 Å². The van der Waals surface area contributed by atoms with Crippen molar-refractivity contribution < 1.29 is 4.39 Å². The van der Waals surface area contributed by atoms with Crippen LogP contribution in [0.15, 0.2) is 42.7 Å². The second kappa shape index (κ2) is 8.26. The minimum absolute atomic E-state index is 0.160. The largest absolute Gasteiger partial charge is 0.371 e. The number of nitrogens with zero attached hydrogens (tertiary/aromatic N) is 4. The van der Waals surface area contributed by atoms with Crippen LogP contribution in [0.4, 0.5) is 15.8 Å². The van der Waals surface area contributed by atoms with Crippen LogP contribution >= 0.6 is 0 Å². The van der Waals surface area contributed by atoms with Crippen molar-refractivity contribution in [2.24, 2.45) is 0 Å². The van der Waals surface area contributed by atoms with Crippen molar-refractivity contribution in [1.82, 2.24) is 9.88 Å². The Morgan fingerprint density at radius 1 is 0.889 bits per heavy atom. The third-order valence-corrected chi connectivity index (χ3v) is 6.03. The monoisotopic (exact) mass is 368 g/mol. The van der Waals surface area contributed by atoms with Crippen molar-refractivity contribution in [2.45, 2.75) is 32.2 Å². The highest BCUT2D eigenvalue weighted by molar-refractivity contribution is 5.51. The molecule has 0 amide bonds. The van der Waals surface area contributed by atoms with Gasteiger partial charge in [0.15, 0.2) is 0 Å². The van der Waals surface area contributed by atoms with E-state index >= 15 is 0 Å². The maximum Gasteiger partial charge on any atom is 0.123 e. The lowest BCUT2D eigenvalue weighted by molar-refractivity contribution is 0.180. The Morgan fingerprint density at radius 2 is 1.67 bits per heavy atom. The van der Waals surface area contributed by atoms with E-state index in [1.54, 1.807) is 12.1 Å². The quantitative estimate of drug-likeness (QED) is 0.824. The van der Waals surface area contributed by atoms with Crippen molar-refractivity contribution in [3.8, 4) is 0 Å². The molecule has 2 saturated heterocycles. The van der Waals surface area contributed by atoms with E-state index in [2.05, 4.69) is 32.7 Å². The van der Waals surface area contributed by atoms with Gasteiger partial charge in [0.05, 0.1) is 0 Å². The number of halogens is 1. The molecule has 2 fully saturated rings. The number of piperidine rings is 1. The van der Waals surface area contributed by atoms with Gasteiger partial charge in [0.2, 0.25) is 0 Å². The second-order valence-corrected chi connectivity index (χ2v) is 7.73. The molecule has 2 aliphatic heterocycles. The topological polar surface area (TPSA) is 22.6 Å². The van der Waals surface area contributed by atoms with E-state index in [-0.39, 0.29) is 5.82 Å². The number of benzene rings is 1. The maximum absolute atomic E-state index is 13.1. The number of hydrogen-bond acceptors (Lipinski definition) is 4. The number of anilines is 2.